The number of unbranched alkanes of at least 4 members (excludes halogenated alkanes) is 1. The van der Waals surface area contributed by atoms with Crippen LogP contribution in [0.3, 0.4) is 0 Å². The van der Waals surface area contributed by atoms with Crippen molar-refractivity contribution < 1.29 is 9.90 Å². The Bertz CT molecular complexity index is 376. The molecule has 0 amide bonds. The van der Waals surface area contributed by atoms with E-state index in [4.69, 9.17) is 5.11 Å². The van der Waals surface area contributed by atoms with E-state index >= 15 is 0 Å². The van der Waals surface area contributed by atoms with Crippen LogP contribution in [0.2, 0.25) is 0 Å². The number of rotatable bonds is 7. The largest absolute Gasteiger partial charge is 0.480 e. The quantitative estimate of drug-likeness (QED) is 0.706. The van der Waals surface area contributed by atoms with Gasteiger partial charge in [0.15, 0.2) is 0 Å². The summed E-state index contributed by atoms with van der Waals surface area (Å²) in [5.41, 5.74) is -0.815. The van der Waals surface area contributed by atoms with Crippen molar-refractivity contribution in [2.24, 2.45) is 0 Å². The van der Waals surface area contributed by atoms with Gasteiger partial charge in [-0.2, -0.15) is 0 Å². The normalized spacial score (nSPS) is 14.5. The topological polar surface area (TPSA) is 67.2 Å². The number of carboxylic acids is 1. The first-order valence-corrected chi connectivity index (χ1v) is 5.89. The molecule has 1 aromatic rings. The Morgan fingerprint density at radius 2 is 2.29 bits per heavy atom. The number of nitrogens with zero attached hydrogens (tertiary/aromatic N) is 2. The number of likely N-dealkylation sites (N-methyl/N-ethyl adjacent to an activating group) is 1. The molecule has 1 rings (SSSR count). The average Bonchev–Trinajstić information content (AvgIpc) is 2.70. The van der Waals surface area contributed by atoms with Crippen molar-refractivity contribution >= 4 is 5.97 Å². The highest BCUT2D eigenvalue weighted by atomic mass is 16.4. The van der Waals surface area contributed by atoms with Crippen LogP contribution in [0.1, 0.15) is 32.0 Å². The van der Waals surface area contributed by atoms with E-state index in [9.17, 15) is 4.79 Å². The fourth-order valence-electron chi connectivity index (χ4n) is 1.74. The van der Waals surface area contributed by atoms with E-state index in [1.54, 1.807) is 20.2 Å². The van der Waals surface area contributed by atoms with Crippen molar-refractivity contribution in [3.8, 4) is 0 Å². The third-order valence-corrected chi connectivity index (χ3v) is 3.27. The summed E-state index contributed by atoms with van der Waals surface area (Å²) in [4.78, 5) is 15.2. The molecule has 0 spiro atoms. The minimum atomic E-state index is -0.815. The van der Waals surface area contributed by atoms with Gasteiger partial charge in [0, 0.05) is 18.9 Å². The summed E-state index contributed by atoms with van der Waals surface area (Å²) in [5, 5.41) is 11.9. The number of hydrogen-bond acceptors (Lipinski definition) is 3. The Balaban J connectivity index is 2.33. The van der Waals surface area contributed by atoms with Gasteiger partial charge in [0.25, 0.3) is 0 Å². The van der Waals surface area contributed by atoms with Gasteiger partial charge in [0.05, 0.1) is 0 Å². The maximum atomic E-state index is 11.1. The molecule has 0 aliphatic rings. The standard InChI is InChI=1S/C12H21N3O2/c1-10-14-7-9-15(10)8-5-4-6-12(2,13-3)11(16)17/h7,9,13H,4-6,8H2,1-3H3,(H,16,17). The number of aryl methyl sites for hydroxylation is 2. The number of carbonyl (C=O) groups is 1. The summed E-state index contributed by atoms with van der Waals surface area (Å²) in [6.45, 7) is 4.58. The molecular formula is C12H21N3O2. The molecule has 2 N–H and O–H groups in total. The molecule has 0 saturated carbocycles. The van der Waals surface area contributed by atoms with Crippen molar-refractivity contribution in [3.63, 3.8) is 0 Å². The van der Waals surface area contributed by atoms with Gasteiger partial charge in [-0.05, 0) is 40.2 Å². The highest BCUT2D eigenvalue weighted by Gasteiger charge is 2.29. The number of carboxylic acid groups (broad SMARTS) is 1. The Morgan fingerprint density at radius 3 is 2.76 bits per heavy atom. The van der Waals surface area contributed by atoms with Crippen LogP contribution in [0.25, 0.3) is 0 Å². The molecule has 0 saturated heterocycles. The summed E-state index contributed by atoms with van der Waals surface area (Å²) in [6, 6.07) is 0. The zero-order valence-corrected chi connectivity index (χ0v) is 10.7. The number of aromatic nitrogens is 2. The summed E-state index contributed by atoms with van der Waals surface area (Å²) in [7, 11) is 1.69. The molecule has 5 heteroatoms. The third kappa shape index (κ3) is 3.56. The number of hydrogen-bond donors (Lipinski definition) is 2. The Kier molecular flexibility index (Phi) is 4.69. The second kappa shape index (κ2) is 5.82. The third-order valence-electron chi connectivity index (χ3n) is 3.27. The van der Waals surface area contributed by atoms with Crippen molar-refractivity contribution in [3.05, 3.63) is 18.2 Å². The van der Waals surface area contributed by atoms with Crippen molar-refractivity contribution in [2.45, 2.75) is 45.2 Å². The van der Waals surface area contributed by atoms with E-state index in [1.807, 2.05) is 13.1 Å². The SMILES string of the molecule is CNC(C)(CCCCn1ccnc1C)C(=O)O. The van der Waals surface area contributed by atoms with E-state index in [-0.39, 0.29) is 0 Å². The predicted molar refractivity (Wildman–Crippen MR) is 65.9 cm³/mol. The maximum Gasteiger partial charge on any atom is 0.323 e. The van der Waals surface area contributed by atoms with Gasteiger partial charge in [-0.3, -0.25) is 4.79 Å². The van der Waals surface area contributed by atoms with E-state index in [0.29, 0.717) is 6.42 Å². The van der Waals surface area contributed by atoms with E-state index in [2.05, 4.69) is 14.9 Å². The molecule has 0 fully saturated rings. The van der Waals surface area contributed by atoms with Crippen molar-refractivity contribution in [1.82, 2.24) is 14.9 Å². The Labute approximate surface area is 102 Å². The molecule has 1 atom stereocenters. The van der Waals surface area contributed by atoms with E-state index in [0.717, 1.165) is 25.2 Å². The molecule has 0 aliphatic carbocycles. The van der Waals surface area contributed by atoms with Gasteiger partial charge in [0.1, 0.15) is 11.4 Å². The summed E-state index contributed by atoms with van der Waals surface area (Å²) >= 11 is 0. The lowest BCUT2D eigenvalue weighted by molar-refractivity contribution is -0.144. The molecule has 1 aromatic heterocycles. The van der Waals surface area contributed by atoms with Crippen LogP contribution < -0.4 is 5.32 Å². The molecule has 1 heterocycles. The fourth-order valence-corrected chi connectivity index (χ4v) is 1.74. The smallest absolute Gasteiger partial charge is 0.323 e. The molecule has 1 unspecified atom stereocenters. The van der Waals surface area contributed by atoms with E-state index in [1.165, 1.54) is 0 Å². The van der Waals surface area contributed by atoms with Gasteiger partial charge in [-0.25, -0.2) is 4.98 Å². The van der Waals surface area contributed by atoms with Gasteiger partial charge in [-0.15, -0.1) is 0 Å². The molecular weight excluding hydrogens is 218 g/mol. The summed E-state index contributed by atoms with van der Waals surface area (Å²) < 4.78 is 2.08. The highest BCUT2D eigenvalue weighted by molar-refractivity contribution is 5.78. The first-order chi connectivity index (χ1) is 7.99. The minimum absolute atomic E-state index is 0.632. The monoisotopic (exact) mass is 239 g/mol. The van der Waals surface area contributed by atoms with E-state index < -0.39 is 11.5 Å². The zero-order chi connectivity index (χ0) is 12.9. The van der Waals surface area contributed by atoms with Gasteiger partial charge < -0.3 is 15.0 Å². The van der Waals surface area contributed by atoms with Crippen molar-refractivity contribution in [2.75, 3.05) is 7.05 Å². The van der Waals surface area contributed by atoms with Gasteiger partial charge >= 0.3 is 5.97 Å². The molecule has 0 bridgehead atoms. The van der Waals surface area contributed by atoms with Crippen LogP contribution >= 0.6 is 0 Å². The molecule has 17 heavy (non-hydrogen) atoms. The number of imidazole rings is 1. The average molecular weight is 239 g/mol. The first kappa shape index (κ1) is 13.7. The fraction of sp³-hybridized carbons (Fsp3) is 0.667. The summed E-state index contributed by atoms with van der Waals surface area (Å²) in [5.74, 6) is 0.207. The molecule has 0 aromatic carbocycles. The lowest BCUT2D eigenvalue weighted by atomic mass is 9.95. The van der Waals surface area contributed by atoms with Crippen LogP contribution in [-0.2, 0) is 11.3 Å². The van der Waals surface area contributed by atoms with Gasteiger partial charge in [-0.1, -0.05) is 0 Å². The first-order valence-electron chi connectivity index (χ1n) is 5.89. The lowest BCUT2D eigenvalue weighted by Gasteiger charge is -2.23. The highest BCUT2D eigenvalue weighted by Crippen LogP contribution is 2.14. The van der Waals surface area contributed by atoms with Crippen LogP contribution in [0.15, 0.2) is 12.4 Å². The van der Waals surface area contributed by atoms with Crippen LogP contribution in [0.5, 0.6) is 0 Å². The minimum Gasteiger partial charge on any atom is -0.480 e. The maximum absolute atomic E-state index is 11.1. The number of nitrogens with one attached hydrogen (secondary N) is 1. The number of aliphatic carboxylic acids is 1. The second-order valence-electron chi connectivity index (χ2n) is 4.51. The summed E-state index contributed by atoms with van der Waals surface area (Å²) in [6.07, 6.45) is 6.20. The zero-order valence-electron chi connectivity index (χ0n) is 10.7. The van der Waals surface area contributed by atoms with Crippen LogP contribution in [0.4, 0.5) is 0 Å². The molecule has 5 nitrogen and oxygen atoms in total. The van der Waals surface area contributed by atoms with Crippen molar-refractivity contribution in [1.29, 1.82) is 0 Å². The Hall–Kier alpha value is -1.36. The molecule has 96 valence electrons. The second-order valence-corrected chi connectivity index (χ2v) is 4.51. The van der Waals surface area contributed by atoms with Gasteiger partial charge in [0.2, 0.25) is 0 Å². The van der Waals surface area contributed by atoms with Crippen LogP contribution in [0, 0.1) is 6.92 Å². The molecule has 0 radical (unpaired) electrons. The van der Waals surface area contributed by atoms with Crippen LogP contribution in [-0.4, -0.2) is 33.2 Å². The predicted octanol–water partition coefficient (Wildman–Crippen LogP) is 1.42. The Morgan fingerprint density at radius 1 is 1.59 bits per heavy atom. The lowest BCUT2D eigenvalue weighted by Crippen LogP contribution is -2.47. The molecule has 0 aliphatic heterocycles.